The molecule has 0 spiro atoms. The average Bonchev–Trinajstić information content (AvgIpc) is 2.04. The highest BCUT2D eigenvalue weighted by Gasteiger charge is 2.14. The summed E-state index contributed by atoms with van der Waals surface area (Å²) in [4.78, 5) is 32.6. The van der Waals surface area contributed by atoms with E-state index in [0.29, 0.717) is 0 Å². The van der Waals surface area contributed by atoms with Gasteiger partial charge in [-0.2, -0.15) is 0 Å². The van der Waals surface area contributed by atoms with E-state index in [1.807, 2.05) is 5.32 Å². The minimum Gasteiger partial charge on any atom is -0.288 e. The predicted octanol–water partition coefficient (Wildman–Crippen LogP) is 0.350. The predicted molar refractivity (Wildman–Crippen MR) is 47.8 cm³/mol. The Hall–Kier alpha value is -1.71. The van der Waals surface area contributed by atoms with Crippen molar-refractivity contribution in [3.8, 4) is 0 Å². The molecule has 0 aliphatic carbocycles. The van der Waals surface area contributed by atoms with Crippen molar-refractivity contribution >= 4 is 17.6 Å². The second-order valence-corrected chi connectivity index (χ2v) is 2.48. The Balaban J connectivity index is 4.15. The van der Waals surface area contributed by atoms with E-state index < -0.39 is 17.6 Å². The van der Waals surface area contributed by atoms with Crippen molar-refractivity contribution in [3.05, 3.63) is 24.8 Å². The molecule has 0 aliphatic heterocycles. The summed E-state index contributed by atoms with van der Waals surface area (Å²) >= 11 is 0. The standard InChI is InChI=1S/C9H11NO3/c1-4-5-7(11)9(13)10-8(12)6(2)3/h4H,1-2,5H2,3H3,(H,10,12,13). The first-order chi connectivity index (χ1) is 5.99. The molecule has 4 heteroatoms. The molecule has 0 saturated heterocycles. The quantitative estimate of drug-likeness (QED) is 0.386. The van der Waals surface area contributed by atoms with Gasteiger partial charge in [0.25, 0.3) is 11.8 Å². The van der Waals surface area contributed by atoms with E-state index in [2.05, 4.69) is 13.2 Å². The Morgan fingerprint density at radius 2 is 1.85 bits per heavy atom. The zero-order valence-electron chi connectivity index (χ0n) is 7.42. The van der Waals surface area contributed by atoms with Crippen molar-refractivity contribution in [1.29, 1.82) is 0 Å². The maximum atomic E-state index is 10.9. The van der Waals surface area contributed by atoms with Crippen molar-refractivity contribution < 1.29 is 14.4 Å². The molecule has 0 saturated carbocycles. The van der Waals surface area contributed by atoms with Gasteiger partial charge < -0.3 is 0 Å². The fourth-order valence-electron chi connectivity index (χ4n) is 0.503. The molecule has 70 valence electrons. The van der Waals surface area contributed by atoms with E-state index in [0.717, 1.165) is 0 Å². The molecule has 0 heterocycles. The van der Waals surface area contributed by atoms with E-state index in [9.17, 15) is 14.4 Å². The third-order valence-electron chi connectivity index (χ3n) is 1.20. The third-order valence-corrected chi connectivity index (χ3v) is 1.20. The van der Waals surface area contributed by atoms with Crippen LogP contribution in [-0.2, 0) is 14.4 Å². The van der Waals surface area contributed by atoms with Crippen molar-refractivity contribution in [3.63, 3.8) is 0 Å². The van der Waals surface area contributed by atoms with E-state index >= 15 is 0 Å². The molecule has 13 heavy (non-hydrogen) atoms. The van der Waals surface area contributed by atoms with Crippen molar-refractivity contribution in [2.24, 2.45) is 0 Å². The van der Waals surface area contributed by atoms with Gasteiger partial charge in [0, 0.05) is 12.0 Å². The number of allylic oxidation sites excluding steroid dienone is 1. The fourth-order valence-corrected chi connectivity index (χ4v) is 0.503. The van der Waals surface area contributed by atoms with Crippen LogP contribution in [0.4, 0.5) is 0 Å². The maximum Gasteiger partial charge on any atom is 0.294 e. The normalized spacial score (nSPS) is 8.69. The SMILES string of the molecule is C=CCC(=O)C(=O)NC(=O)C(=C)C. The van der Waals surface area contributed by atoms with Crippen LogP contribution >= 0.6 is 0 Å². The van der Waals surface area contributed by atoms with Gasteiger partial charge in [-0.15, -0.1) is 6.58 Å². The van der Waals surface area contributed by atoms with Gasteiger partial charge in [0.1, 0.15) is 0 Å². The van der Waals surface area contributed by atoms with Gasteiger partial charge in [-0.05, 0) is 6.92 Å². The lowest BCUT2D eigenvalue weighted by Gasteiger charge is -2.00. The second-order valence-electron chi connectivity index (χ2n) is 2.48. The first-order valence-corrected chi connectivity index (χ1v) is 3.64. The number of ketones is 1. The number of nitrogens with one attached hydrogen (secondary N) is 1. The summed E-state index contributed by atoms with van der Waals surface area (Å²) in [6, 6.07) is 0. The summed E-state index contributed by atoms with van der Waals surface area (Å²) in [5.74, 6) is -2.25. The highest BCUT2D eigenvalue weighted by molar-refractivity contribution is 6.39. The number of amides is 2. The lowest BCUT2D eigenvalue weighted by molar-refractivity contribution is -0.140. The van der Waals surface area contributed by atoms with E-state index in [1.54, 1.807) is 0 Å². The lowest BCUT2D eigenvalue weighted by atomic mass is 10.2. The molecule has 2 amide bonds. The summed E-state index contributed by atoms with van der Waals surface area (Å²) in [5, 5.41) is 1.89. The first kappa shape index (κ1) is 11.3. The molecule has 0 aromatic carbocycles. The lowest BCUT2D eigenvalue weighted by Crippen LogP contribution is -2.35. The Morgan fingerprint density at radius 3 is 2.23 bits per heavy atom. The van der Waals surface area contributed by atoms with E-state index in [4.69, 9.17) is 0 Å². The number of Topliss-reactive ketones (excluding diaryl/α,β-unsaturated/α-hetero) is 1. The number of hydrogen-bond acceptors (Lipinski definition) is 3. The monoisotopic (exact) mass is 181 g/mol. The van der Waals surface area contributed by atoms with Crippen LogP contribution in [0.15, 0.2) is 24.8 Å². The van der Waals surface area contributed by atoms with Gasteiger partial charge in [-0.25, -0.2) is 0 Å². The number of carbonyl (C=O) groups excluding carboxylic acids is 3. The summed E-state index contributed by atoms with van der Waals surface area (Å²) in [7, 11) is 0. The van der Waals surface area contributed by atoms with E-state index in [1.165, 1.54) is 13.0 Å². The second kappa shape index (κ2) is 5.03. The molecule has 0 bridgehead atoms. The molecule has 0 fully saturated rings. The van der Waals surface area contributed by atoms with Crippen LogP contribution in [0.25, 0.3) is 0 Å². The Morgan fingerprint density at radius 1 is 1.31 bits per heavy atom. The van der Waals surface area contributed by atoms with Crippen LogP contribution in [0, 0.1) is 0 Å². The summed E-state index contributed by atoms with van der Waals surface area (Å²) in [6.07, 6.45) is 1.22. The molecule has 0 aliphatic rings. The molecule has 0 atom stereocenters. The highest BCUT2D eigenvalue weighted by atomic mass is 16.2. The van der Waals surface area contributed by atoms with Gasteiger partial charge in [0.2, 0.25) is 5.78 Å². The topological polar surface area (TPSA) is 63.2 Å². The average molecular weight is 181 g/mol. The van der Waals surface area contributed by atoms with Gasteiger partial charge in [0.05, 0.1) is 0 Å². The van der Waals surface area contributed by atoms with Crippen LogP contribution in [0.1, 0.15) is 13.3 Å². The zero-order chi connectivity index (χ0) is 10.4. The van der Waals surface area contributed by atoms with Crippen molar-refractivity contribution in [2.75, 3.05) is 0 Å². The smallest absolute Gasteiger partial charge is 0.288 e. The van der Waals surface area contributed by atoms with Gasteiger partial charge in [-0.1, -0.05) is 12.7 Å². The van der Waals surface area contributed by atoms with Crippen molar-refractivity contribution in [1.82, 2.24) is 5.32 Å². The summed E-state index contributed by atoms with van der Waals surface area (Å²) in [5.41, 5.74) is 0.180. The molecule has 4 nitrogen and oxygen atoms in total. The summed E-state index contributed by atoms with van der Waals surface area (Å²) < 4.78 is 0. The van der Waals surface area contributed by atoms with Crippen LogP contribution in [0.2, 0.25) is 0 Å². The van der Waals surface area contributed by atoms with Gasteiger partial charge in [0.15, 0.2) is 0 Å². The molecular weight excluding hydrogens is 170 g/mol. The van der Waals surface area contributed by atoms with Gasteiger partial charge in [-0.3, -0.25) is 19.7 Å². The zero-order valence-corrected chi connectivity index (χ0v) is 7.42. The van der Waals surface area contributed by atoms with Crippen LogP contribution in [0.3, 0.4) is 0 Å². The number of imide groups is 1. The van der Waals surface area contributed by atoms with Gasteiger partial charge >= 0.3 is 0 Å². The van der Waals surface area contributed by atoms with Crippen LogP contribution in [-0.4, -0.2) is 17.6 Å². The number of rotatable bonds is 4. The molecule has 0 aromatic heterocycles. The number of carbonyl (C=O) groups is 3. The minimum absolute atomic E-state index is 0.0741. The van der Waals surface area contributed by atoms with Crippen LogP contribution in [0.5, 0.6) is 0 Å². The minimum atomic E-state index is -0.923. The van der Waals surface area contributed by atoms with Crippen molar-refractivity contribution in [2.45, 2.75) is 13.3 Å². The Labute approximate surface area is 76.3 Å². The maximum absolute atomic E-state index is 10.9. The Kier molecular flexibility index (Phi) is 4.37. The molecular formula is C9H11NO3. The third kappa shape index (κ3) is 4.00. The molecule has 0 radical (unpaired) electrons. The molecule has 0 unspecified atom stereocenters. The van der Waals surface area contributed by atoms with Crippen LogP contribution < -0.4 is 5.32 Å². The largest absolute Gasteiger partial charge is 0.294 e. The highest BCUT2D eigenvalue weighted by Crippen LogP contribution is 1.88. The fraction of sp³-hybridized carbons (Fsp3) is 0.222. The molecule has 0 aromatic rings. The Bertz CT molecular complexity index is 279. The summed E-state index contributed by atoms with van der Waals surface area (Å²) in [6.45, 7) is 8.06. The molecule has 0 rings (SSSR count). The number of hydrogen-bond donors (Lipinski definition) is 1. The van der Waals surface area contributed by atoms with E-state index in [-0.39, 0.29) is 12.0 Å². The first-order valence-electron chi connectivity index (χ1n) is 3.64. The molecule has 1 N–H and O–H groups in total.